The molecule has 1 N–H and O–H groups in total. The zero-order valence-electron chi connectivity index (χ0n) is 28.9. The Labute approximate surface area is 292 Å². The van der Waals surface area contributed by atoms with Crippen molar-refractivity contribution in [1.29, 1.82) is 0 Å². The zero-order chi connectivity index (χ0) is 35.7. The second-order valence-corrected chi connectivity index (χ2v) is 13.8. The van der Waals surface area contributed by atoms with Crippen molar-refractivity contribution in [2.24, 2.45) is 0 Å². The molecule has 14 nitrogen and oxygen atoms in total. The predicted molar refractivity (Wildman–Crippen MR) is 187 cm³/mol. The lowest BCUT2D eigenvalue weighted by molar-refractivity contribution is -0.135. The monoisotopic (exact) mass is 708 g/mol. The number of ether oxygens (including phenoxy) is 2. The van der Waals surface area contributed by atoms with Gasteiger partial charge in [0.1, 0.15) is 17.6 Å². The van der Waals surface area contributed by atoms with Crippen molar-refractivity contribution in [3.05, 3.63) is 71.9 Å². The number of nitrogens with one attached hydrogen (secondary N) is 1. The maximum absolute atomic E-state index is 14.2. The Hall–Kier alpha value is -4.36. The van der Waals surface area contributed by atoms with Gasteiger partial charge in [0.2, 0.25) is 5.91 Å². The first-order valence-corrected chi connectivity index (χ1v) is 18.5. The van der Waals surface area contributed by atoms with E-state index in [1.54, 1.807) is 68.0 Å². The first kappa shape index (κ1) is 36.9. The highest BCUT2D eigenvalue weighted by Crippen LogP contribution is 2.46. The largest absolute Gasteiger partial charge is 0.450 e. The minimum absolute atomic E-state index is 0.0393. The van der Waals surface area contributed by atoms with Crippen LogP contribution in [0.15, 0.2) is 60.7 Å². The number of hydrogen-bond donors (Lipinski definition) is 1. The molecule has 5 rings (SSSR count). The maximum atomic E-state index is 14.2. The van der Waals surface area contributed by atoms with Gasteiger partial charge >= 0.3 is 13.7 Å². The van der Waals surface area contributed by atoms with Crippen molar-refractivity contribution < 1.29 is 37.5 Å². The number of aromatic nitrogens is 2. The van der Waals surface area contributed by atoms with Gasteiger partial charge in [0, 0.05) is 58.0 Å². The van der Waals surface area contributed by atoms with Crippen molar-refractivity contribution in [2.75, 3.05) is 71.1 Å². The van der Waals surface area contributed by atoms with Crippen LogP contribution >= 0.6 is 7.60 Å². The van der Waals surface area contributed by atoms with E-state index in [1.165, 1.54) is 0 Å². The first-order valence-electron chi connectivity index (χ1n) is 16.9. The molecule has 2 aromatic carbocycles. The maximum Gasteiger partial charge on any atom is 0.409 e. The fraction of sp³-hybridized carbons (Fsp3) is 0.457. The molecule has 50 heavy (non-hydrogen) atoms. The van der Waals surface area contributed by atoms with Crippen LogP contribution in [0.2, 0.25) is 0 Å². The summed E-state index contributed by atoms with van der Waals surface area (Å²) >= 11 is 0. The van der Waals surface area contributed by atoms with Gasteiger partial charge in [0.25, 0.3) is 5.91 Å². The van der Waals surface area contributed by atoms with Crippen molar-refractivity contribution >= 4 is 36.6 Å². The van der Waals surface area contributed by atoms with E-state index in [2.05, 4.69) is 15.2 Å². The molecule has 2 fully saturated rings. The van der Waals surface area contributed by atoms with Gasteiger partial charge in [-0.05, 0) is 44.9 Å². The third kappa shape index (κ3) is 8.67. The van der Waals surface area contributed by atoms with Gasteiger partial charge in [0.15, 0.2) is 5.82 Å². The second-order valence-electron chi connectivity index (χ2n) is 11.7. The van der Waals surface area contributed by atoms with E-state index in [0.717, 1.165) is 12.0 Å². The molecule has 0 aliphatic carbocycles. The van der Waals surface area contributed by atoms with E-state index in [-0.39, 0.29) is 63.7 Å². The summed E-state index contributed by atoms with van der Waals surface area (Å²) in [4.78, 5) is 55.3. The molecule has 2 saturated heterocycles. The van der Waals surface area contributed by atoms with Gasteiger partial charge < -0.3 is 38.5 Å². The minimum Gasteiger partial charge on any atom is -0.450 e. The molecular weight excluding hydrogens is 663 g/mol. The molecule has 3 aromatic rings. The Morgan fingerprint density at radius 3 is 2.14 bits per heavy atom. The highest BCUT2D eigenvalue weighted by atomic mass is 31.2. The van der Waals surface area contributed by atoms with E-state index in [1.807, 2.05) is 30.3 Å². The molecule has 0 bridgehead atoms. The average Bonchev–Trinajstić information content (AvgIpc) is 3.64. The summed E-state index contributed by atoms with van der Waals surface area (Å²) in [7, 11) is -1.91. The molecule has 1 aromatic heterocycles. The second kappa shape index (κ2) is 17.0. The van der Waals surface area contributed by atoms with Crippen molar-refractivity contribution in [3.8, 4) is 11.4 Å². The number of carbonyl (C=O) groups excluding carboxylic acids is 3. The number of hydrogen-bond acceptors (Lipinski definition) is 11. The van der Waals surface area contributed by atoms with Crippen LogP contribution in [0.3, 0.4) is 0 Å². The lowest BCUT2D eigenvalue weighted by atomic mass is 10.0. The van der Waals surface area contributed by atoms with Gasteiger partial charge in [-0.25, -0.2) is 14.8 Å². The summed E-state index contributed by atoms with van der Waals surface area (Å²) < 4.78 is 35.1. The predicted octanol–water partition coefficient (Wildman–Crippen LogP) is 4.03. The molecule has 2 aliphatic rings. The van der Waals surface area contributed by atoms with Crippen molar-refractivity contribution in [2.45, 2.75) is 39.3 Å². The van der Waals surface area contributed by atoms with Crippen LogP contribution in [0.4, 0.5) is 10.6 Å². The molecular formula is C35H45N6O8P. The van der Waals surface area contributed by atoms with E-state index in [4.69, 9.17) is 23.5 Å². The molecule has 0 radical (unpaired) electrons. The lowest BCUT2D eigenvalue weighted by Gasteiger charge is -2.36. The Kier molecular flexibility index (Phi) is 12.6. The molecule has 2 unspecified atom stereocenters. The Balaban J connectivity index is 1.47. The van der Waals surface area contributed by atoms with Crippen molar-refractivity contribution in [1.82, 2.24) is 25.1 Å². The summed E-state index contributed by atoms with van der Waals surface area (Å²) in [6.07, 6.45) is 0.423. The fourth-order valence-electron chi connectivity index (χ4n) is 5.93. The Morgan fingerprint density at radius 1 is 0.880 bits per heavy atom. The van der Waals surface area contributed by atoms with Crippen LogP contribution in [0.5, 0.6) is 0 Å². The topological polar surface area (TPSA) is 153 Å². The summed E-state index contributed by atoms with van der Waals surface area (Å²) in [6, 6.07) is 16.3. The molecule has 268 valence electrons. The zero-order valence-corrected chi connectivity index (χ0v) is 29.8. The van der Waals surface area contributed by atoms with E-state index in [0.29, 0.717) is 35.6 Å². The van der Waals surface area contributed by atoms with E-state index >= 15 is 0 Å². The third-order valence-corrected chi connectivity index (χ3v) is 10.7. The van der Waals surface area contributed by atoms with Gasteiger partial charge in [-0.15, -0.1) is 0 Å². The van der Waals surface area contributed by atoms with E-state index < -0.39 is 25.6 Å². The number of amides is 3. The van der Waals surface area contributed by atoms with Crippen LogP contribution < -0.4 is 15.5 Å². The summed E-state index contributed by atoms with van der Waals surface area (Å²) in [5.41, 5.74) is 1.29. The molecule has 0 spiro atoms. The summed E-state index contributed by atoms with van der Waals surface area (Å²) in [5.74, 6) is 0.00941. The Bertz CT molecular complexity index is 1660. The Morgan fingerprint density at radius 2 is 1.54 bits per heavy atom. The highest BCUT2D eigenvalue weighted by Gasteiger charge is 2.34. The fourth-order valence-corrected chi connectivity index (χ4v) is 7.50. The van der Waals surface area contributed by atoms with Gasteiger partial charge in [-0.1, -0.05) is 42.5 Å². The third-order valence-electron chi connectivity index (χ3n) is 8.56. The van der Waals surface area contributed by atoms with Crippen LogP contribution in [-0.2, 0) is 27.9 Å². The standard InChI is InChI=1S/C35H45N6O8P/c1-5-47-35(44)40-21-19-39(20-22-40)34(43)31(25-13-15-28(16-14-25)50(45,48-6-2)49-7-3)38-33(42)29-23-30(41-18-17-27(24-41)46-4)37-32(36-29)26-11-9-8-10-12-26/h8-16,23,27,31H,5-7,17-22,24H2,1-4H3,(H,38,42). The van der Waals surface area contributed by atoms with Crippen LogP contribution in [0.1, 0.15) is 49.3 Å². The minimum atomic E-state index is -3.59. The molecule has 3 amide bonds. The number of benzene rings is 2. The number of methoxy groups -OCH3 is 1. The average molecular weight is 709 g/mol. The van der Waals surface area contributed by atoms with E-state index in [9.17, 15) is 18.9 Å². The molecule has 15 heteroatoms. The van der Waals surface area contributed by atoms with Gasteiger partial charge in [0.05, 0.1) is 31.2 Å². The number of nitrogens with zero attached hydrogens (tertiary/aromatic N) is 5. The molecule has 0 saturated carbocycles. The number of carbonyl (C=O) groups is 3. The summed E-state index contributed by atoms with van der Waals surface area (Å²) in [5, 5.41) is 3.26. The number of piperazine rings is 1. The molecule has 3 heterocycles. The van der Waals surface area contributed by atoms with Crippen molar-refractivity contribution in [3.63, 3.8) is 0 Å². The smallest absolute Gasteiger partial charge is 0.409 e. The SMILES string of the molecule is CCOC(=O)N1CCN(C(=O)C(NC(=O)c2cc(N3CCC(OC)C3)nc(-c3ccccc3)n2)c2ccc(P(=O)(OCC)OCC)cc2)CC1. The van der Waals surface area contributed by atoms with Gasteiger partial charge in [-0.3, -0.25) is 14.2 Å². The lowest BCUT2D eigenvalue weighted by Crippen LogP contribution is -2.53. The summed E-state index contributed by atoms with van der Waals surface area (Å²) in [6.45, 7) is 8.19. The number of anilines is 1. The molecule has 2 aliphatic heterocycles. The first-order chi connectivity index (χ1) is 24.2. The quantitative estimate of drug-likeness (QED) is 0.256. The number of rotatable bonds is 13. The highest BCUT2D eigenvalue weighted by molar-refractivity contribution is 7.62. The molecule has 2 atom stereocenters. The van der Waals surface area contributed by atoms with Crippen LogP contribution in [0, 0.1) is 0 Å². The van der Waals surface area contributed by atoms with Crippen LogP contribution in [-0.4, -0.2) is 110 Å². The van der Waals surface area contributed by atoms with Crippen LogP contribution in [0.25, 0.3) is 11.4 Å². The normalized spacial score (nSPS) is 17.0. The van der Waals surface area contributed by atoms with Gasteiger partial charge in [-0.2, -0.15) is 0 Å².